The Morgan fingerprint density at radius 1 is 0.697 bits per heavy atom. The summed E-state index contributed by atoms with van der Waals surface area (Å²) >= 11 is 0.559. The molecule has 0 aliphatic heterocycles. The van der Waals surface area contributed by atoms with E-state index in [-0.39, 0.29) is 5.39 Å². The van der Waals surface area contributed by atoms with Crippen molar-refractivity contribution in [3.05, 3.63) is 64.8 Å². The van der Waals surface area contributed by atoms with Gasteiger partial charge >= 0.3 is 23.7 Å². The van der Waals surface area contributed by atoms with Gasteiger partial charge in [0.1, 0.15) is 0 Å². The summed E-state index contributed by atoms with van der Waals surface area (Å²) in [6, 6.07) is 8.28. The zero-order chi connectivity index (χ0) is 24.1. The van der Waals surface area contributed by atoms with Crippen LogP contribution in [-0.2, 0) is 11.8 Å². The number of halogens is 8. The third kappa shape index (κ3) is 2.61. The average Bonchev–Trinajstić information content (AvgIpc) is 3.09. The third-order valence-corrected chi connectivity index (χ3v) is 7.13. The molecule has 0 saturated carbocycles. The molecule has 2 aromatic carbocycles. The Hall–Kier alpha value is -2.75. The number of nitrogens with zero attached hydrogens (tertiary/aromatic N) is 1. The Labute approximate surface area is 185 Å². The molecule has 0 spiro atoms. The van der Waals surface area contributed by atoms with Crippen LogP contribution in [0.5, 0.6) is 0 Å². The van der Waals surface area contributed by atoms with Crippen molar-refractivity contribution >= 4 is 31.5 Å². The minimum absolute atomic E-state index is 0.0155. The van der Waals surface area contributed by atoms with Gasteiger partial charge in [-0.3, -0.25) is 4.98 Å². The van der Waals surface area contributed by atoms with E-state index >= 15 is 0 Å². The third-order valence-electron chi connectivity index (χ3n) is 5.89. The maximum absolute atomic E-state index is 14.8. The Morgan fingerprint density at radius 2 is 1.27 bits per heavy atom. The van der Waals surface area contributed by atoms with Crippen LogP contribution >= 0.6 is 11.3 Å². The van der Waals surface area contributed by atoms with E-state index in [1.807, 2.05) is 19.9 Å². The first-order chi connectivity index (χ1) is 15.2. The van der Waals surface area contributed by atoms with Crippen molar-refractivity contribution in [3.63, 3.8) is 0 Å². The lowest BCUT2D eigenvalue weighted by Crippen LogP contribution is -2.63. The standard InChI is InChI=1S/C23H13F8NS/c1-10-7-11(2)9-12(8-10)17-19-14(5-6-32-17)13-3-4-15-16(18(13)33-19)21(26,27)23(30,31)22(28,29)20(15,24)25/h3-9H,1-2H3. The lowest BCUT2D eigenvalue weighted by atomic mass is 9.79. The summed E-state index contributed by atoms with van der Waals surface area (Å²) in [6.07, 6.45) is 1.39. The molecule has 1 aliphatic rings. The van der Waals surface area contributed by atoms with Crippen molar-refractivity contribution in [3.8, 4) is 11.3 Å². The lowest BCUT2D eigenvalue weighted by molar-refractivity contribution is -0.386. The van der Waals surface area contributed by atoms with Gasteiger partial charge in [-0.05, 0) is 32.0 Å². The highest BCUT2D eigenvalue weighted by Crippen LogP contribution is 2.66. The van der Waals surface area contributed by atoms with E-state index in [9.17, 15) is 35.1 Å². The monoisotopic (exact) mass is 487 g/mol. The summed E-state index contributed by atoms with van der Waals surface area (Å²) < 4.78 is 114. The highest BCUT2D eigenvalue weighted by Gasteiger charge is 2.85. The van der Waals surface area contributed by atoms with Crippen molar-refractivity contribution in [1.82, 2.24) is 4.98 Å². The molecule has 5 rings (SSSR count). The number of hydrogen-bond acceptors (Lipinski definition) is 2. The Bertz CT molecular complexity index is 1430. The highest BCUT2D eigenvalue weighted by molar-refractivity contribution is 7.26. The number of fused-ring (bicyclic) bond motifs is 5. The maximum atomic E-state index is 14.8. The second-order valence-corrected chi connectivity index (χ2v) is 9.20. The van der Waals surface area contributed by atoms with E-state index < -0.39 is 39.5 Å². The summed E-state index contributed by atoms with van der Waals surface area (Å²) in [7, 11) is 0. The first-order valence-electron chi connectivity index (χ1n) is 9.67. The molecule has 0 N–H and O–H groups in total. The first kappa shape index (κ1) is 22.1. The summed E-state index contributed by atoms with van der Waals surface area (Å²) in [5.74, 6) is -23.6. The van der Waals surface area contributed by atoms with Gasteiger partial charge in [-0.1, -0.05) is 29.3 Å². The second-order valence-electron chi connectivity index (χ2n) is 8.18. The number of rotatable bonds is 1. The van der Waals surface area contributed by atoms with Gasteiger partial charge in [0.25, 0.3) is 0 Å². The van der Waals surface area contributed by atoms with Crippen LogP contribution in [0.25, 0.3) is 31.4 Å². The molecule has 2 aromatic heterocycles. The predicted molar refractivity (Wildman–Crippen MR) is 110 cm³/mol. The normalized spacial score (nSPS) is 20.2. The largest absolute Gasteiger partial charge is 0.383 e. The summed E-state index contributed by atoms with van der Waals surface area (Å²) in [4.78, 5) is 4.29. The van der Waals surface area contributed by atoms with Gasteiger partial charge in [0.15, 0.2) is 0 Å². The van der Waals surface area contributed by atoms with E-state index in [1.54, 1.807) is 12.1 Å². The molecule has 0 amide bonds. The van der Waals surface area contributed by atoms with E-state index in [2.05, 4.69) is 4.98 Å². The van der Waals surface area contributed by atoms with Crippen LogP contribution in [0.1, 0.15) is 22.3 Å². The maximum Gasteiger partial charge on any atom is 0.383 e. The minimum Gasteiger partial charge on any atom is -0.255 e. The number of benzene rings is 2. The number of hydrogen-bond donors (Lipinski definition) is 0. The van der Waals surface area contributed by atoms with Crippen LogP contribution in [0.4, 0.5) is 35.1 Å². The lowest BCUT2D eigenvalue weighted by Gasteiger charge is -2.42. The van der Waals surface area contributed by atoms with E-state index in [0.29, 0.717) is 38.7 Å². The second kappa shape index (κ2) is 6.43. The molecule has 0 saturated heterocycles. The van der Waals surface area contributed by atoms with Crippen molar-refractivity contribution in [1.29, 1.82) is 0 Å². The Balaban J connectivity index is 1.91. The van der Waals surface area contributed by atoms with Gasteiger partial charge in [-0.2, -0.15) is 35.1 Å². The SMILES string of the molecule is Cc1cc(C)cc(-c2nccc3c2sc2c4c(ccc23)C(F)(F)C(F)(F)C(F)(F)C4(F)F)c1. The van der Waals surface area contributed by atoms with E-state index in [0.717, 1.165) is 17.2 Å². The summed E-state index contributed by atoms with van der Waals surface area (Å²) in [5.41, 5.74) is -0.840. The minimum atomic E-state index is -6.30. The van der Waals surface area contributed by atoms with Crippen molar-refractivity contribution in [2.75, 3.05) is 0 Å². The topological polar surface area (TPSA) is 12.9 Å². The molecule has 0 fully saturated rings. The first-order valence-corrected chi connectivity index (χ1v) is 10.5. The van der Waals surface area contributed by atoms with Crippen LogP contribution in [-0.4, -0.2) is 16.8 Å². The Morgan fingerprint density at radius 3 is 1.91 bits per heavy atom. The van der Waals surface area contributed by atoms with Crippen LogP contribution in [0.3, 0.4) is 0 Å². The molecule has 1 aliphatic carbocycles. The van der Waals surface area contributed by atoms with Gasteiger partial charge in [0, 0.05) is 32.8 Å². The average molecular weight is 487 g/mol. The van der Waals surface area contributed by atoms with E-state index in [4.69, 9.17) is 0 Å². The van der Waals surface area contributed by atoms with E-state index in [1.165, 1.54) is 12.3 Å². The quantitative estimate of drug-likeness (QED) is 0.247. The van der Waals surface area contributed by atoms with Gasteiger partial charge < -0.3 is 0 Å². The fourth-order valence-corrected chi connectivity index (χ4v) is 5.76. The van der Waals surface area contributed by atoms with Crippen LogP contribution in [0.2, 0.25) is 0 Å². The number of aryl methyl sites for hydroxylation is 2. The highest BCUT2D eigenvalue weighted by atomic mass is 32.1. The molecule has 2 heterocycles. The van der Waals surface area contributed by atoms with Crippen LogP contribution in [0.15, 0.2) is 42.6 Å². The number of aromatic nitrogens is 1. The van der Waals surface area contributed by atoms with Crippen LogP contribution < -0.4 is 0 Å². The molecule has 0 bridgehead atoms. The zero-order valence-corrected chi connectivity index (χ0v) is 17.7. The number of thiophene rings is 1. The van der Waals surface area contributed by atoms with Crippen molar-refractivity contribution in [2.24, 2.45) is 0 Å². The van der Waals surface area contributed by atoms with Gasteiger partial charge in [0.05, 0.1) is 16.0 Å². The van der Waals surface area contributed by atoms with Crippen molar-refractivity contribution < 1.29 is 35.1 Å². The molecule has 0 unspecified atom stereocenters. The molecule has 172 valence electrons. The fourth-order valence-electron chi connectivity index (χ4n) is 4.38. The summed E-state index contributed by atoms with van der Waals surface area (Å²) in [6.45, 7) is 3.67. The smallest absolute Gasteiger partial charge is 0.255 e. The molecule has 33 heavy (non-hydrogen) atoms. The van der Waals surface area contributed by atoms with Crippen LogP contribution in [0, 0.1) is 13.8 Å². The Kier molecular flexibility index (Phi) is 4.30. The van der Waals surface area contributed by atoms with Gasteiger partial charge in [-0.15, -0.1) is 11.3 Å². The zero-order valence-electron chi connectivity index (χ0n) is 16.9. The number of pyridine rings is 1. The van der Waals surface area contributed by atoms with Crippen molar-refractivity contribution in [2.45, 2.75) is 37.5 Å². The number of alkyl halides is 8. The van der Waals surface area contributed by atoms with Gasteiger partial charge in [0.2, 0.25) is 0 Å². The summed E-state index contributed by atoms with van der Waals surface area (Å²) in [5, 5.41) is 0.306. The predicted octanol–water partition coefficient (Wildman–Crippen LogP) is 8.20. The molecule has 4 aromatic rings. The molecule has 1 nitrogen and oxygen atoms in total. The molecule has 10 heteroatoms. The molecular weight excluding hydrogens is 474 g/mol. The molecular formula is C23H13F8NS. The molecule has 0 radical (unpaired) electrons. The van der Waals surface area contributed by atoms with Gasteiger partial charge in [-0.25, -0.2) is 0 Å². The fraction of sp³-hybridized carbons (Fsp3) is 0.261. The molecule has 0 atom stereocenters.